The van der Waals surface area contributed by atoms with Crippen molar-refractivity contribution >= 4 is 22.4 Å². The van der Waals surface area contributed by atoms with Gasteiger partial charge < -0.3 is 20.1 Å². The zero-order chi connectivity index (χ0) is 17.9. The van der Waals surface area contributed by atoms with Crippen molar-refractivity contribution in [2.24, 2.45) is 0 Å². The molecule has 1 aliphatic rings. The molecule has 5 nitrogen and oxygen atoms in total. The fraction of sp³-hybridized carbons (Fsp3) is 0.190. The molecule has 1 atom stereocenters. The van der Waals surface area contributed by atoms with Crippen molar-refractivity contribution < 1.29 is 14.3 Å². The van der Waals surface area contributed by atoms with Gasteiger partial charge in [0.2, 0.25) is 0 Å². The normalized spacial score (nSPS) is 15.9. The Balaban J connectivity index is 1.79. The van der Waals surface area contributed by atoms with E-state index in [0.717, 1.165) is 27.8 Å². The predicted octanol–water partition coefficient (Wildman–Crippen LogP) is 3.72. The highest BCUT2D eigenvalue weighted by atomic mass is 16.5. The second-order valence-electron chi connectivity index (χ2n) is 6.14. The monoisotopic (exact) mass is 348 g/mol. The van der Waals surface area contributed by atoms with Crippen molar-refractivity contribution in [3.05, 3.63) is 71.8 Å². The number of anilines is 1. The maximum absolute atomic E-state index is 12.6. The number of benzene rings is 3. The number of ether oxygens (including phenoxy) is 2. The highest BCUT2D eigenvalue weighted by molar-refractivity contribution is 6.02. The first-order chi connectivity index (χ1) is 12.8. The summed E-state index contributed by atoms with van der Waals surface area (Å²) in [5, 5.41) is 8.61. The summed E-state index contributed by atoms with van der Waals surface area (Å²) in [6.45, 7) is 0.943. The van der Waals surface area contributed by atoms with Crippen molar-refractivity contribution in [1.29, 1.82) is 0 Å². The molecule has 132 valence electrons. The Kier molecular flexibility index (Phi) is 4.46. The third-order valence-corrected chi connectivity index (χ3v) is 4.51. The van der Waals surface area contributed by atoms with Crippen LogP contribution >= 0.6 is 0 Å². The van der Waals surface area contributed by atoms with Crippen LogP contribution in [0.4, 0.5) is 5.69 Å². The molecular formula is C21H20N2O3. The van der Waals surface area contributed by atoms with E-state index < -0.39 is 0 Å². The lowest BCUT2D eigenvalue weighted by Crippen LogP contribution is -2.38. The standard InChI is InChI=1S/C21H20N2O3/c1-25-12-13-26-18-11-10-14-6-2-3-7-15(14)19(18)20-22-17-9-5-4-8-16(17)21(24)23-20/h2-11,20,22H,12-13H2,1H3,(H,23,24). The Bertz CT molecular complexity index is 955. The summed E-state index contributed by atoms with van der Waals surface area (Å²) in [4.78, 5) is 12.6. The van der Waals surface area contributed by atoms with Crippen molar-refractivity contribution in [1.82, 2.24) is 5.32 Å². The fourth-order valence-corrected chi connectivity index (χ4v) is 3.29. The fourth-order valence-electron chi connectivity index (χ4n) is 3.29. The van der Waals surface area contributed by atoms with Crippen LogP contribution in [0, 0.1) is 0 Å². The van der Waals surface area contributed by atoms with Gasteiger partial charge in [-0.1, -0.05) is 42.5 Å². The van der Waals surface area contributed by atoms with E-state index in [1.807, 2.05) is 54.6 Å². The van der Waals surface area contributed by atoms with E-state index in [0.29, 0.717) is 18.8 Å². The van der Waals surface area contributed by atoms with E-state index in [9.17, 15) is 4.79 Å². The molecule has 0 saturated heterocycles. The van der Waals surface area contributed by atoms with E-state index >= 15 is 0 Å². The third-order valence-electron chi connectivity index (χ3n) is 4.51. The van der Waals surface area contributed by atoms with Crippen LogP contribution in [0.25, 0.3) is 10.8 Å². The number of para-hydroxylation sites is 1. The summed E-state index contributed by atoms with van der Waals surface area (Å²) in [6, 6.07) is 19.6. The minimum Gasteiger partial charge on any atom is -0.491 e. The number of methoxy groups -OCH3 is 1. The first-order valence-corrected chi connectivity index (χ1v) is 8.58. The van der Waals surface area contributed by atoms with Gasteiger partial charge in [0, 0.05) is 18.4 Å². The molecule has 0 radical (unpaired) electrons. The molecule has 0 aliphatic carbocycles. The molecule has 3 aromatic carbocycles. The van der Waals surface area contributed by atoms with Crippen LogP contribution in [0.5, 0.6) is 5.75 Å². The second kappa shape index (κ2) is 7.06. The Morgan fingerprint density at radius 1 is 0.923 bits per heavy atom. The van der Waals surface area contributed by atoms with Crippen molar-refractivity contribution in [3.8, 4) is 5.75 Å². The topological polar surface area (TPSA) is 59.6 Å². The molecule has 0 fully saturated rings. The molecule has 1 amide bonds. The first-order valence-electron chi connectivity index (χ1n) is 8.58. The molecule has 5 heteroatoms. The Morgan fingerprint density at radius 3 is 2.62 bits per heavy atom. The number of fused-ring (bicyclic) bond motifs is 2. The van der Waals surface area contributed by atoms with E-state index in [1.165, 1.54) is 0 Å². The number of amides is 1. The summed E-state index contributed by atoms with van der Waals surface area (Å²) < 4.78 is 11.0. The highest BCUT2D eigenvalue weighted by Crippen LogP contribution is 2.36. The molecule has 1 aliphatic heterocycles. The number of hydrogen-bond donors (Lipinski definition) is 2. The lowest BCUT2D eigenvalue weighted by Gasteiger charge is -2.30. The molecule has 4 rings (SSSR count). The summed E-state index contributed by atoms with van der Waals surface area (Å²) in [7, 11) is 1.64. The molecule has 0 aromatic heterocycles. The van der Waals surface area contributed by atoms with Crippen LogP contribution in [0.1, 0.15) is 22.1 Å². The van der Waals surface area contributed by atoms with Gasteiger partial charge in [0.05, 0.1) is 12.2 Å². The summed E-state index contributed by atoms with van der Waals surface area (Å²) in [5.74, 6) is 0.637. The summed E-state index contributed by atoms with van der Waals surface area (Å²) >= 11 is 0. The van der Waals surface area contributed by atoms with Gasteiger partial charge in [-0.2, -0.15) is 0 Å². The third kappa shape index (κ3) is 2.97. The van der Waals surface area contributed by atoms with Crippen LogP contribution in [-0.4, -0.2) is 26.2 Å². The Hall–Kier alpha value is -3.05. The van der Waals surface area contributed by atoms with Crippen molar-refractivity contribution in [3.63, 3.8) is 0 Å². The SMILES string of the molecule is COCCOc1ccc2ccccc2c1C1NC(=O)c2ccccc2N1. The molecule has 0 bridgehead atoms. The van der Waals surface area contributed by atoms with Crippen LogP contribution < -0.4 is 15.4 Å². The number of rotatable bonds is 5. The number of nitrogens with one attached hydrogen (secondary N) is 2. The quantitative estimate of drug-likeness (QED) is 0.690. The van der Waals surface area contributed by atoms with Crippen LogP contribution in [0.15, 0.2) is 60.7 Å². The molecular weight excluding hydrogens is 328 g/mol. The molecule has 2 N–H and O–H groups in total. The first kappa shape index (κ1) is 16.4. The van der Waals surface area contributed by atoms with Gasteiger partial charge in [-0.05, 0) is 29.0 Å². The molecule has 0 saturated carbocycles. The number of carbonyl (C=O) groups excluding carboxylic acids is 1. The van der Waals surface area contributed by atoms with E-state index in [-0.39, 0.29) is 12.1 Å². The zero-order valence-electron chi connectivity index (χ0n) is 14.5. The number of carbonyl (C=O) groups is 1. The van der Waals surface area contributed by atoms with Gasteiger partial charge in [0.1, 0.15) is 18.5 Å². The minimum atomic E-state index is -0.374. The molecule has 3 aromatic rings. The van der Waals surface area contributed by atoms with Crippen LogP contribution in [-0.2, 0) is 4.74 Å². The smallest absolute Gasteiger partial charge is 0.255 e. The van der Waals surface area contributed by atoms with E-state index in [2.05, 4.69) is 16.7 Å². The molecule has 26 heavy (non-hydrogen) atoms. The minimum absolute atomic E-state index is 0.0971. The lowest BCUT2D eigenvalue weighted by molar-refractivity contribution is 0.0935. The van der Waals surface area contributed by atoms with E-state index in [1.54, 1.807) is 7.11 Å². The second-order valence-corrected chi connectivity index (χ2v) is 6.14. The van der Waals surface area contributed by atoms with Crippen molar-refractivity contribution in [2.45, 2.75) is 6.17 Å². The zero-order valence-corrected chi connectivity index (χ0v) is 14.5. The Morgan fingerprint density at radius 2 is 1.73 bits per heavy atom. The average molecular weight is 348 g/mol. The van der Waals surface area contributed by atoms with Crippen LogP contribution in [0.2, 0.25) is 0 Å². The van der Waals surface area contributed by atoms with Gasteiger partial charge >= 0.3 is 0 Å². The molecule has 0 spiro atoms. The molecule has 1 unspecified atom stereocenters. The van der Waals surface area contributed by atoms with Crippen molar-refractivity contribution in [2.75, 3.05) is 25.6 Å². The van der Waals surface area contributed by atoms with Crippen LogP contribution in [0.3, 0.4) is 0 Å². The Labute approximate surface area is 151 Å². The highest BCUT2D eigenvalue weighted by Gasteiger charge is 2.27. The van der Waals surface area contributed by atoms with Gasteiger partial charge in [-0.25, -0.2) is 0 Å². The average Bonchev–Trinajstić information content (AvgIpc) is 2.68. The largest absolute Gasteiger partial charge is 0.491 e. The van der Waals surface area contributed by atoms with Gasteiger partial charge in [0.15, 0.2) is 0 Å². The predicted molar refractivity (Wildman–Crippen MR) is 102 cm³/mol. The van der Waals surface area contributed by atoms with Gasteiger partial charge in [-0.15, -0.1) is 0 Å². The van der Waals surface area contributed by atoms with E-state index in [4.69, 9.17) is 9.47 Å². The maximum Gasteiger partial charge on any atom is 0.255 e. The van der Waals surface area contributed by atoms with Gasteiger partial charge in [-0.3, -0.25) is 4.79 Å². The lowest BCUT2D eigenvalue weighted by atomic mass is 9.99. The maximum atomic E-state index is 12.6. The molecule has 1 heterocycles. The van der Waals surface area contributed by atoms with Gasteiger partial charge in [0.25, 0.3) is 5.91 Å². The summed E-state index contributed by atoms with van der Waals surface area (Å²) in [5.41, 5.74) is 2.38. The number of hydrogen-bond acceptors (Lipinski definition) is 4. The summed E-state index contributed by atoms with van der Waals surface area (Å²) in [6.07, 6.45) is -0.374.